The zero-order valence-corrected chi connectivity index (χ0v) is 12.5. The summed E-state index contributed by atoms with van der Waals surface area (Å²) in [4.78, 5) is 18.0. The molecule has 0 fully saturated rings. The highest BCUT2D eigenvalue weighted by atomic mass is 16.4. The zero-order chi connectivity index (χ0) is 15.0. The number of carboxylic acids is 2. The summed E-state index contributed by atoms with van der Waals surface area (Å²) < 4.78 is 0. The lowest BCUT2D eigenvalue weighted by atomic mass is 9.98. The van der Waals surface area contributed by atoms with Crippen LogP contribution in [0.25, 0.3) is 0 Å². The molecule has 0 aliphatic rings. The lowest BCUT2D eigenvalue weighted by molar-refractivity contribution is -0.135. The van der Waals surface area contributed by atoms with Crippen LogP contribution >= 0.6 is 0 Å². The van der Waals surface area contributed by atoms with Crippen LogP contribution in [0.2, 0.25) is 0 Å². The maximum absolute atomic E-state index is 9.00. The second kappa shape index (κ2) is 18.3. The Balaban J connectivity index is -0.000000233. The van der Waals surface area contributed by atoms with Gasteiger partial charge in [0.1, 0.15) is 0 Å². The van der Waals surface area contributed by atoms with Crippen LogP contribution in [0, 0.1) is 5.92 Å². The van der Waals surface area contributed by atoms with Gasteiger partial charge in [-0.05, 0) is 5.92 Å². The Labute approximate surface area is 111 Å². The molecule has 0 atom stereocenters. The van der Waals surface area contributed by atoms with Gasteiger partial charge in [-0.25, -0.2) is 0 Å². The fourth-order valence-electron chi connectivity index (χ4n) is 1.25. The summed E-state index contributed by atoms with van der Waals surface area (Å²) in [5.74, 6) is -0.695. The van der Waals surface area contributed by atoms with Crippen molar-refractivity contribution in [1.29, 1.82) is 0 Å². The maximum Gasteiger partial charge on any atom is 0.300 e. The number of aliphatic carboxylic acids is 2. The van der Waals surface area contributed by atoms with Gasteiger partial charge in [0.05, 0.1) is 0 Å². The molecule has 0 radical (unpaired) electrons. The largest absolute Gasteiger partial charge is 0.481 e. The number of carboxylic acid groups (broad SMARTS) is 2. The summed E-state index contributed by atoms with van der Waals surface area (Å²) in [7, 11) is 0. The van der Waals surface area contributed by atoms with Crippen LogP contribution < -0.4 is 0 Å². The number of carbonyl (C=O) groups is 2. The van der Waals surface area contributed by atoms with Crippen LogP contribution in [0.15, 0.2) is 0 Å². The summed E-state index contributed by atoms with van der Waals surface area (Å²) >= 11 is 0. The maximum atomic E-state index is 9.00. The summed E-state index contributed by atoms with van der Waals surface area (Å²) in [5, 5.41) is 14.8. The van der Waals surface area contributed by atoms with E-state index in [0.717, 1.165) is 19.8 Å². The van der Waals surface area contributed by atoms with Crippen molar-refractivity contribution in [2.45, 2.75) is 73.1 Å². The molecule has 0 saturated carbocycles. The van der Waals surface area contributed by atoms with Crippen LogP contribution in [-0.2, 0) is 9.59 Å². The molecule has 0 heterocycles. The molecule has 0 spiro atoms. The van der Waals surface area contributed by atoms with Gasteiger partial charge in [0.15, 0.2) is 0 Å². The molecule has 0 unspecified atom stereocenters. The van der Waals surface area contributed by atoms with E-state index in [1.807, 2.05) is 0 Å². The van der Waals surface area contributed by atoms with E-state index < -0.39 is 11.9 Å². The van der Waals surface area contributed by atoms with Gasteiger partial charge in [-0.3, -0.25) is 9.59 Å². The summed E-state index contributed by atoms with van der Waals surface area (Å²) in [6.07, 6.45) is 8.44. The van der Waals surface area contributed by atoms with E-state index >= 15 is 0 Å². The second-order valence-corrected chi connectivity index (χ2v) is 4.43. The average molecular weight is 262 g/mol. The first kappa shape index (κ1) is 22.1. The van der Waals surface area contributed by atoms with Crippen molar-refractivity contribution in [2.24, 2.45) is 5.92 Å². The van der Waals surface area contributed by atoms with Crippen molar-refractivity contribution in [3.8, 4) is 0 Å². The number of hydrogen-bond acceptors (Lipinski definition) is 2. The molecular formula is C14H30O4. The molecule has 0 bridgehead atoms. The van der Waals surface area contributed by atoms with Crippen LogP contribution in [0.5, 0.6) is 0 Å². The van der Waals surface area contributed by atoms with Gasteiger partial charge in [-0.15, -0.1) is 0 Å². The number of rotatable bonds is 6. The summed E-state index contributed by atoms with van der Waals surface area (Å²) in [6.45, 7) is 9.09. The molecule has 4 nitrogen and oxygen atoms in total. The Morgan fingerprint density at radius 2 is 1.11 bits per heavy atom. The zero-order valence-electron chi connectivity index (χ0n) is 12.5. The van der Waals surface area contributed by atoms with Crippen LogP contribution in [0.3, 0.4) is 0 Å². The van der Waals surface area contributed by atoms with E-state index in [1.54, 1.807) is 0 Å². The minimum Gasteiger partial charge on any atom is -0.481 e. The van der Waals surface area contributed by atoms with E-state index in [9.17, 15) is 0 Å². The molecule has 18 heavy (non-hydrogen) atoms. The van der Waals surface area contributed by atoms with E-state index in [2.05, 4.69) is 20.8 Å². The van der Waals surface area contributed by atoms with Gasteiger partial charge >= 0.3 is 0 Å². The van der Waals surface area contributed by atoms with Gasteiger partial charge in [-0.2, -0.15) is 0 Å². The molecule has 4 heteroatoms. The highest BCUT2D eigenvalue weighted by Crippen LogP contribution is 2.14. The predicted octanol–water partition coefficient (Wildman–Crippen LogP) is 4.18. The van der Waals surface area contributed by atoms with Gasteiger partial charge in [0.25, 0.3) is 11.9 Å². The first-order valence-corrected chi connectivity index (χ1v) is 6.66. The van der Waals surface area contributed by atoms with E-state index in [-0.39, 0.29) is 0 Å². The van der Waals surface area contributed by atoms with Crippen molar-refractivity contribution >= 4 is 11.9 Å². The fourth-order valence-corrected chi connectivity index (χ4v) is 1.25. The Kier molecular flexibility index (Phi) is 22.5. The summed E-state index contributed by atoms with van der Waals surface area (Å²) in [6, 6.07) is 0. The molecule has 0 aliphatic heterocycles. The third-order valence-electron chi connectivity index (χ3n) is 2.10. The first-order chi connectivity index (χ1) is 8.27. The SMILES string of the molecule is CC(=O)O.CC(=O)O.CCCCC(C)CCCC. The molecule has 0 amide bonds. The van der Waals surface area contributed by atoms with Crippen LogP contribution in [-0.4, -0.2) is 22.2 Å². The standard InChI is InChI=1S/C10H22.2C2H4O2/c1-4-6-8-10(3)9-7-5-2;2*1-2(3)4/h10H,4-9H2,1-3H3;2*1H3,(H,3,4). The molecule has 2 N–H and O–H groups in total. The third-order valence-corrected chi connectivity index (χ3v) is 2.10. The molecule has 0 aromatic rings. The van der Waals surface area contributed by atoms with Gasteiger partial charge < -0.3 is 10.2 Å². The lowest BCUT2D eigenvalue weighted by Crippen LogP contribution is -1.93. The van der Waals surface area contributed by atoms with Gasteiger partial charge in [0.2, 0.25) is 0 Å². The highest BCUT2D eigenvalue weighted by molar-refractivity contribution is 5.63. The highest BCUT2D eigenvalue weighted by Gasteiger charge is 1.98. The minimum atomic E-state index is -0.833. The Hall–Kier alpha value is -1.06. The average Bonchev–Trinajstić information content (AvgIpc) is 2.21. The quantitative estimate of drug-likeness (QED) is 0.752. The fraction of sp³-hybridized carbons (Fsp3) is 0.857. The molecule has 0 saturated heterocycles. The first-order valence-electron chi connectivity index (χ1n) is 6.66. The molecule has 0 rings (SSSR count). The minimum absolute atomic E-state index is 0.833. The Morgan fingerprint density at radius 3 is 1.28 bits per heavy atom. The van der Waals surface area contributed by atoms with Crippen molar-refractivity contribution in [3.63, 3.8) is 0 Å². The van der Waals surface area contributed by atoms with E-state index in [0.29, 0.717) is 0 Å². The van der Waals surface area contributed by atoms with Crippen LogP contribution in [0.4, 0.5) is 0 Å². The predicted molar refractivity (Wildman–Crippen MR) is 74.8 cm³/mol. The van der Waals surface area contributed by atoms with Crippen molar-refractivity contribution < 1.29 is 19.8 Å². The Bertz CT molecular complexity index is 162. The van der Waals surface area contributed by atoms with Gasteiger partial charge in [-0.1, -0.05) is 59.3 Å². The molecule has 0 aromatic heterocycles. The van der Waals surface area contributed by atoms with E-state index in [1.165, 1.54) is 38.5 Å². The molecule has 110 valence electrons. The molecular weight excluding hydrogens is 232 g/mol. The number of unbranched alkanes of at least 4 members (excludes halogenated alkanes) is 2. The molecule has 0 aliphatic carbocycles. The second-order valence-electron chi connectivity index (χ2n) is 4.43. The van der Waals surface area contributed by atoms with Crippen LogP contribution in [0.1, 0.15) is 73.1 Å². The lowest BCUT2D eigenvalue weighted by Gasteiger charge is -2.08. The van der Waals surface area contributed by atoms with E-state index in [4.69, 9.17) is 19.8 Å². The Morgan fingerprint density at radius 1 is 0.889 bits per heavy atom. The topological polar surface area (TPSA) is 74.6 Å². The number of hydrogen-bond donors (Lipinski definition) is 2. The summed E-state index contributed by atoms with van der Waals surface area (Å²) in [5.41, 5.74) is 0. The smallest absolute Gasteiger partial charge is 0.300 e. The van der Waals surface area contributed by atoms with Crippen molar-refractivity contribution in [3.05, 3.63) is 0 Å². The van der Waals surface area contributed by atoms with Gasteiger partial charge in [0, 0.05) is 13.8 Å². The van der Waals surface area contributed by atoms with Crippen molar-refractivity contribution in [1.82, 2.24) is 0 Å². The normalized spacial score (nSPS) is 8.78. The molecule has 0 aromatic carbocycles. The monoisotopic (exact) mass is 262 g/mol. The van der Waals surface area contributed by atoms with Crippen molar-refractivity contribution in [2.75, 3.05) is 0 Å². The third kappa shape index (κ3) is 60.3.